The maximum absolute atomic E-state index is 14.0. The van der Waals surface area contributed by atoms with E-state index in [9.17, 15) is 38.7 Å². The van der Waals surface area contributed by atoms with Crippen molar-refractivity contribution in [1.82, 2.24) is 21.3 Å². The number of nitrogens with one attached hydrogen (secondary N) is 6. The Morgan fingerprint density at radius 2 is 1.00 bits per heavy atom. The molecule has 19 nitrogen and oxygen atoms in total. The zero-order valence-electron chi connectivity index (χ0n) is 38.8. The van der Waals surface area contributed by atoms with Crippen molar-refractivity contribution in [1.29, 1.82) is 0 Å². The van der Waals surface area contributed by atoms with Crippen LogP contribution in [0.4, 0.5) is 25.8 Å². The first-order valence-electron chi connectivity index (χ1n) is 22.0. The summed E-state index contributed by atoms with van der Waals surface area (Å²) in [7, 11) is 2.66. The maximum Gasteiger partial charge on any atom is 0.408 e. The summed E-state index contributed by atoms with van der Waals surface area (Å²) in [6, 6.07) is 24.5. The fourth-order valence-corrected chi connectivity index (χ4v) is 6.47. The van der Waals surface area contributed by atoms with E-state index in [2.05, 4.69) is 31.9 Å². The second-order valence-electron chi connectivity index (χ2n) is 16.3. The Hall–Kier alpha value is -7.83. The Bertz CT molecular complexity index is 2320. The minimum Gasteiger partial charge on any atom is -0.496 e. The molecule has 0 aromatic heterocycles. The van der Waals surface area contributed by atoms with Gasteiger partial charge in [0.25, 0.3) is 5.91 Å². The van der Waals surface area contributed by atoms with Crippen LogP contribution in [0.25, 0.3) is 0 Å². The predicted octanol–water partition coefficient (Wildman–Crippen LogP) is 7.16. The van der Waals surface area contributed by atoms with Crippen LogP contribution >= 0.6 is 0 Å². The van der Waals surface area contributed by atoms with Crippen molar-refractivity contribution < 1.29 is 62.4 Å². The van der Waals surface area contributed by atoms with Crippen LogP contribution < -0.4 is 41.4 Å². The molecule has 19 heteroatoms. The summed E-state index contributed by atoms with van der Waals surface area (Å²) in [4.78, 5) is 90.9. The number of ether oxygens (including phenoxy) is 5. The summed E-state index contributed by atoms with van der Waals surface area (Å²) in [6.45, 7) is 5.69. The number of aromatic carboxylic acids is 1. The molecule has 7 N–H and O–H groups in total. The van der Waals surface area contributed by atoms with Gasteiger partial charge >= 0.3 is 24.2 Å². The molecule has 0 aliphatic carbocycles. The average Bonchev–Trinajstić information content (AvgIpc) is 3.31. The molecular weight excluding hydrogens is 881 g/mol. The van der Waals surface area contributed by atoms with E-state index in [1.165, 1.54) is 50.6 Å². The minimum absolute atomic E-state index is 0.0505. The van der Waals surface area contributed by atoms with E-state index in [0.717, 1.165) is 11.1 Å². The van der Waals surface area contributed by atoms with E-state index in [0.29, 0.717) is 25.7 Å². The quantitative estimate of drug-likeness (QED) is 0.0272. The van der Waals surface area contributed by atoms with Crippen LogP contribution in [-0.4, -0.2) is 92.1 Å². The minimum atomic E-state index is -1.28. The number of carboxylic acids is 1. The molecule has 0 fully saturated rings. The number of hydrogen-bond acceptors (Lipinski definition) is 12. The standard InChI is InChI=1S/C49H60N6O13/c1-49(2,3)68-48(63)55-39(21-13-15-27-51-47(62)67-31-33-18-10-7-11-19-33)44(58)52-34-22-24-40(64-4)36(28-34)42(56)54-38(43(57)53-35-23-25-41(65-5)37(29-35)45(59)60)20-12-14-26-50-46(61)66-30-32-16-8-6-9-17-32/h6-11,16-19,22-25,28-29,38-39H,12-15,20-21,26-27,30-31H2,1-5H3,(H,50,61)(H,51,62)(H,52,58)(H,53,57)(H,54,56)(H,55,63)(H,59,60)/t38-,39-/m0/s1. The molecule has 68 heavy (non-hydrogen) atoms. The number of anilines is 2. The van der Waals surface area contributed by atoms with Gasteiger partial charge in [-0.05, 0) is 107 Å². The Labute approximate surface area is 395 Å². The van der Waals surface area contributed by atoms with Crippen LogP contribution in [0, 0.1) is 0 Å². The number of unbranched alkanes of at least 4 members (excludes halogenated alkanes) is 2. The van der Waals surface area contributed by atoms with Crippen LogP contribution in [0.5, 0.6) is 11.5 Å². The number of carbonyl (C=O) groups is 7. The van der Waals surface area contributed by atoms with Gasteiger partial charge in [-0.15, -0.1) is 0 Å². The summed E-state index contributed by atoms with van der Waals surface area (Å²) < 4.78 is 26.5. The van der Waals surface area contributed by atoms with E-state index < -0.39 is 59.7 Å². The second kappa shape index (κ2) is 27.0. The van der Waals surface area contributed by atoms with Crippen LogP contribution in [0.3, 0.4) is 0 Å². The van der Waals surface area contributed by atoms with Crippen molar-refractivity contribution in [3.63, 3.8) is 0 Å². The van der Waals surface area contributed by atoms with E-state index in [-0.39, 0.29) is 73.1 Å². The number of alkyl carbamates (subject to hydrolysis) is 3. The molecule has 0 aliphatic heterocycles. The molecule has 0 saturated heterocycles. The molecule has 0 saturated carbocycles. The SMILES string of the molecule is COc1ccc(NC(=O)[C@H](CCCCNC(=O)OCc2ccccc2)NC(=O)c2cc(NC(=O)[C@H](CCCCNC(=O)OCc3ccccc3)NC(=O)OC(C)(C)C)ccc2OC)cc1C(=O)O. The van der Waals surface area contributed by atoms with Gasteiger partial charge in [-0.1, -0.05) is 60.7 Å². The van der Waals surface area contributed by atoms with Gasteiger partial charge in [-0.25, -0.2) is 19.2 Å². The first kappa shape index (κ1) is 52.8. The summed E-state index contributed by atoms with van der Waals surface area (Å²) in [5, 5.41) is 25.8. The molecule has 0 spiro atoms. The lowest BCUT2D eigenvalue weighted by atomic mass is 10.1. The molecule has 0 aliphatic rings. The topological polar surface area (TPSA) is 258 Å². The number of methoxy groups -OCH3 is 2. The molecule has 0 unspecified atom stereocenters. The molecule has 0 radical (unpaired) electrons. The first-order valence-corrected chi connectivity index (χ1v) is 22.0. The zero-order valence-corrected chi connectivity index (χ0v) is 38.8. The van der Waals surface area contributed by atoms with Gasteiger partial charge in [-0.3, -0.25) is 14.4 Å². The lowest BCUT2D eigenvalue weighted by Gasteiger charge is -2.23. The van der Waals surface area contributed by atoms with Gasteiger partial charge < -0.3 is 60.7 Å². The third-order valence-electron chi connectivity index (χ3n) is 9.84. The van der Waals surface area contributed by atoms with Gasteiger partial charge in [0.05, 0.1) is 19.8 Å². The number of amides is 6. The Morgan fingerprint density at radius 1 is 0.559 bits per heavy atom. The summed E-state index contributed by atoms with van der Waals surface area (Å²) in [5.41, 5.74) is 0.840. The highest BCUT2D eigenvalue weighted by Crippen LogP contribution is 2.25. The van der Waals surface area contributed by atoms with Crippen molar-refractivity contribution in [3.8, 4) is 11.5 Å². The Kier molecular flexibility index (Phi) is 20.9. The molecule has 364 valence electrons. The number of hydrogen-bond donors (Lipinski definition) is 7. The van der Waals surface area contributed by atoms with Crippen molar-refractivity contribution >= 4 is 53.3 Å². The third kappa shape index (κ3) is 18.6. The van der Waals surface area contributed by atoms with Crippen LogP contribution in [0.1, 0.15) is 91.1 Å². The van der Waals surface area contributed by atoms with Crippen molar-refractivity contribution in [3.05, 3.63) is 119 Å². The van der Waals surface area contributed by atoms with Gasteiger partial charge in [0.1, 0.15) is 48.0 Å². The van der Waals surface area contributed by atoms with Gasteiger partial charge in [-0.2, -0.15) is 0 Å². The van der Waals surface area contributed by atoms with Crippen LogP contribution in [0.15, 0.2) is 97.1 Å². The second-order valence-corrected chi connectivity index (χ2v) is 16.3. The monoisotopic (exact) mass is 940 g/mol. The molecule has 0 heterocycles. The van der Waals surface area contributed by atoms with Gasteiger partial charge in [0, 0.05) is 24.5 Å². The van der Waals surface area contributed by atoms with Gasteiger partial charge in [0.2, 0.25) is 11.8 Å². The molecule has 4 rings (SSSR count). The molecular formula is C49H60N6O13. The fourth-order valence-electron chi connectivity index (χ4n) is 6.47. The highest BCUT2D eigenvalue weighted by atomic mass is 16.6. The normalized spacial score (nSPS) is 11.7. The average molecular weight is 941 g/mol. The van der Waals surface area contributed by atoms with Crippen molar-refractivity contribution in [2.45, 2.75) is 90.2 Å². The Balaban J connectivity index is 1.44. The molecule has 0 bridgehead atoms. The van der Waals surface area contributed by atoms with Crippen LogP contribution in [0.2, 0.25) is 0 Å². The molecule has 4 aromatic rings. The Morgan fingerprint density at radius 3 is 1.44 bits per heavy atom. The zero-order chi connectivity index (χ0) is 49.5. The van der Waals surface area contributed by atoms with E-state index in [1.807, 2.05) is 60.7 Å². The van der Waals surface area contributed by atoms with Crippen LogP contribution in [-0.2, 0) is 37.0 Å². The number of carbonyl (C=O) groups excluding carboxylic acids is 6. The van der Waals surface area contributed by atoms with Gasteiger partial charge in [0.15, 0.2) is 0 Å². The summed E-state index contributed by atoms with van der Waals surface area (Å²) in [5.74, 6) is -3.15. The molecule has 4 aromatic carbocycles. The highest BCUT2D eigenvalue weighted by Gasteiger charge is 2.27. The van der Waals surface area contributed by atoms with Crippen molar-refractivity contribution in [2.75, 3.05) is 37.9 Å². The first-order chi connectivity index (χ1) is 32.5. The van der Waals surface area contributed by atoms with E-state index in [4.69, 9.17) is 23.7 Å². The number of benzene rings is 4. The molecule has 2 atom stereocenters. The smallest absolute Gasteiger partial charge is 0.408 e. The summed E-state index contributed by atoms with van der Waals surface area (Å²) in [6.07, 6.45) is -0.233. The largest absolute Gasteiger partial charge is 0.496 e. The van der Waals surface area contributed by atoms with E-state index in [1.54, 1.807) is 20.8 Å². The lowest BCUT2D eigenvalue weighted by Crippen LogP contribution is -2.46. The number of carboxylic acid groups (broad SMARTS) is 1. The highest BCUT2D eigenvalue weighted by molar-refractivity contribution is 6.04. The summed E-state index contributed by atoms with van der Waals surface area (Å²) >= 11 is 0. The third-order valence-corrected chi connectivity index (χ3v) is 9.84. The fraction of sp³-hybridized carbons (Fsp3) is 0.367. The lowest BCUT2D eigenvalue weighted by molar-refractivity contribution is -0.119. The predicted molar refractivity (Wildman–Crippen MR) is 252 cm³/mol. The number of rotatable bonds is 24. The van der Waals surface area contributed by atoms with Crippen molar-refractivity contribution in [2.24, 2.45) is 0 Å². The molecule has 6 amide bonds. The maximum atomic E-state index is 14.0. The van der Waals surface area contributed by atoms with E-state index >= 15 is 0 Å².